The maximum atomic E-state index is 4.21. The Hall–Kier alpha value is -2.03. The van der Waals surface area contributed by atoms with Crippen LogP contribution in [0.15, 0.2) is 30.7 Å². The molecule has 2 rings (SSSR count). The zero-order chi connectivity index (χ0) is 11.4. The molecule has 0 radical (unpaired) electrons. The van der Waals surface area contributed by atoms with Crippen LogP contribution in [-0.2, 0) is 0 Å². The van der Waals surface area contributed by atoms with Crippen LogP contribution in [0.25, 0.3) is 12.2 Å². The van der Waals surface area contributed by atoms with Crippen molar-refractivity contribution in [1.82, 2.24) is 15.0 Å². The summed E-state index contributed by atoms with van der Waals surface area (Å²) in [6, 6.07) is 4.00. The van der Waals surface area contributed by atoms with E-state index >= 15 is 0 Å². The molecule has 0 saturated heterocycles. The lowest BCUT2D eigenvalue weighted by atomic mass is 10.2. The molecule has 0 aliphatic carbocycles. The molecule has 0 amide bonds. The Morgan fingerprint density at radius 2 is 1.62 bits per heavy atom. The van der Waals surface area contributed by atoms with Gasteiger partial charge in [0.15, 0.2) is 5.82 Å². The van der Waals surface area contributed by atoms with E-state index in [0.29, 0.717) is 5.82 Å². The third-order valence-electron chi connectivity index (χ3n) is 2.16. The largest absolute Gasteiger partial charge is 0.261 e. The summed E-state index contributed by atoms with van der Waals surface area (Å²) in [6.07, 6.45) is 9.28. The van der Waals surface area contributed by atoms with Crippen molar-refractivity contribution in [2.75, 3.05) is 0 Å². The molecule has 0 fully saturated rings. The molecular formula is C13H13N3. The van der Waals surface area contributed by atoms with E-state index in [0.717, 1.165) is 16.8 Å². The van der Waals surface area contributed by atoms with Gasteiger partial charge in [-0.25, -0.2) is 9.97 Å². The molecule has 3 nitrogen and oxygen atoms in total. The molecule has 80 valence electrons. The quantitative estimate of drug-likeness (QED) is 0.766. The average Bonchev–Trinajstić information content (AvgIpc) is 2.30. The molecule has 0 aromatic carbocycles. The van der Waals surface area contributed by atoms with Gasteiger partial charge in [0.05, 0.1) is 0 Å². The van der Waals surface area contributed by atoms with Crippen LogP contribution >= 0.6 is 0 Å². The van der Waals surface area contributed by atoms with Gasteiger partial charge >= 0.3 is 0 Å². The van der Waals surface area contributed by atoms with E-state index in [4.69, 9.17) is 0 Å². The molecule has 2 heterocycles. The maximum Gasteiger partial charge on any atom is 0.151 e. The van der Waals surface area contributed by atoms with Crippen LogP contribution in [0.4, 0.5) is 0 Å². The second-order valence-corrected chi connectivity index (χ2v) is 3.68. The molecule has 0 bridgehead atoms. The number of rotatable bonds is 2. The highest BCUT2D eigenvalue weighted by atomic mass is 14.8. The second kappa shape index (κ2) is 4.66. The summed E-state index contributed by atoms with van der Waals surface area (Å²) in [7, 11) is 0. The fraction of sp³-hybridized carbons (Fsp3) is 0.154. The third kappa shape index (κ3) is 2.73. The molecule has 2 aromatic rings. The molecule has 0 spiro atoms. The lowest BCUT2D eigenvalue weighted by Crippen LogP contribution is -1.87. The summed E-state index contributed by atoms with van der Waals surface area (Å²) < 4.78 is 0. The summed E-state index contributed by atoms with van der Waals surface area (Å²) in [4.78, 5) is 12.6. The van der Waals surface area contributed by atoms with Gasteiger partial charge in [-0.15, -0.1) is 0 Å². The Morgan fingerprint density at radius 1 is 0.875 bits per heavy atom. The molecule has 0 aliphatic rings. The minimum absolute atomic E-state index is 0.714. The van der Waals surface area contributed by atoms with Crippen LogP contribution in [0.3, 0.4) is 0 Å². The predicted molar refractivity (Wildman–Crippen MR) is 64.7 cm³/mol. The Balaban J connectivity index is 2.15. The number of hydrogen-bond acceptors (Lipinski definition) is 3. The van der Waals surface area contributed by atoms with E-state index in [1.807, 2.05) is 44.3 Å². The average molecular weight is 211 g/mol. The monoisotopic (exact) mass is 211 g/mol. The van der Waals surface area contributed by atoms with Gasteiger partial charge < -0.3 is 0 Å². The van der Waals surface area contributed by atoms with Crippen molar-refractivity contribution in [3.63, 3.8) is 0 Å². The standard InChI is InChI=1S/C13H13N3/c1-10-7-15-13(16-8-10)6-5-12-4-3-11(2)14-9-12/h3-9H,1-2H3. The first-order valence-corrected chi connectivity index (χ1v) is 5.13. The fourth-order valence-corrected chi connectivity index (χ4v) is 1.24. The molecule has 0 unspecified atom stereocenters. The second-order valence-electron chi connectivity index (χ2n) is 3.68. The van der Waals surface area contributed by atoms with Gasteiger partial charge in [-0.2, -0.15) is 0 Å². The maximum absolute atomic E-state index is 4.21. The smallest absolute Gasteiger partial charge is 0.151 e. The Labute approximate surface area is 94.9 Å². The number of hydrogen-bond donors (Lipinski definition) is 0. The van der Waals surface area contributed by atoms with E-state index in [1.54, 1.807) is 12.4 Å². The molecule has 3 heteroatoms. The molecule has 0 aliphatic heterocycles. The zero-order valence-electron chi connectivity index (χ0n) is 9.38. The summed E-state index contributed by atoms with van der Waals surface area (Å²) in [5.74, 6) is 0.714. The highest BCUT2D eigenvalue weighted by Gasteiger charge is 1.91. The minimum atomic E-state index is 0.714. The minimum Gasteiger partial charge on any atom is -0.261 e. The predicted octanol–water partition coefficient (Wildman–Crippen LogP) is 2.66. The van der Waals surface area contributed by atoms with E-state index < -0.39 is 0 Å². The van der Waals surface area contributed by atoms with Crippen LogP contribution in [0.2, 0.25) is 0 Å². The molecule has 0 atom stereocenters. The van der Waals surface area contributed by atoms with Crippen molar-refractivity contribution in [2.24, 2.45) is 0 Å². The number of pyridine rings is 1. The van der Waals surface area contributed by atoms with Crippen molar-refractivity contribution in [2.45, 2.75) is 13.8 Å². The van der Waals surface area contributed by atoms with Gasteiger partial charge in [0.25, 0.3) is 0 Å². The number of aromatic nitrogens is 3. The first kappa shape index (κ1) is 10.5. The summed E-state index contributed by atoms with van der Waals surface area (Å²) in [6.45, 7) is 3.94. The highest BCUT2D eigenvalue weighted by Crippen LogP contribution is 2.04. The van der Waals surface area contributed by atoms with Gasteiger partial charge in [0.2, 0.25) is 0 Å². The van der Waals surface area contributed by atoms with Crippen molar-refractivity contribution in [1.29, 1.82) is 0 Å². The van der Waals surface area contributed by atoms with E-state index in [2.05, 4.69) is 15.0 Å². The van der Waals surface area contributed by atoms with Crippen LogP contribution in [0.1, 0.15) is 22.6 Å². The molecule has 0 saturated carbocycles. The first-order valence-electron chi connectivity index (χ1n) is 5.13. The van der Waals surface area contributed by atoms with Gasteiger partial charge in [-0.1, -0.05) is 6.07 Å². The normalized spacial score (nSPS) is 10.9. The van der Waals surface area contributed by atoms with Crippen LogP contribution in [-0.4, -0.2) is 15.0 Å². The number of nitrogens with zero attached hydrogens (tertiary/aromatic N) is 3. The van der Waals surface area contributed by atoms with Crippen LogP contribution in [0.5, 0.6) is 0 Å². The Morgan fingerprint density at radius 3 is 2.25 bits per heavy atom. The fourth-order valence-electron chi connectivity index (χ4n) is 1.24. The van der Waals surface area contributed by atoms with Crippen molar-refractivity contribution in [3.05, 3.63) is 53.4 Å². The van der Waals surface area contributed by atoms with Gasteiger partial charge in [0.1, 0.15) is 0 Å². The third-order valence-corrected chi connectivity index (χ3v) is 2.16. The molecule has 2 aromatic heterocycles. The van der Waals surface area contributed by atoms with E-state index in [-0.39, 0.29) is 0 Å². The molecule has 0 N–H and O–H groups in total. The SMILES string of the molecule is Cc1cnc(C=Cc2ccc(C)nc2)nc1. The van der Waals surface area contributed by atoms with Crippen molar-refractivity contribution < 1.29 is 0 Å². The summed E-state index contributed by atoms with van der Waals surface area (Å²) in [5, 5.41) is 0. The molecule has 16 heavy (non-hydrogen) atoms. The summed E-state index contributed by atoms with van der Waals surface area (Å²) in [5.41, 5.74) is 3.13. The Kier molecular flexibility index (Phi) is 3.05. The van der Waals surface area contributed by atoms with E-state index in [1.165, 1.54) is 0 Å². The van der Waals surface area contributed by atoms with Crippen molar-refractivity contribution >= 4 is 12.2 Å². The topological polar surface area (TPSA) is 38.7 Å². The van der Waals surface area contributed by atoms with Gasteiger partial charge in [-0.3, -0.25) is 4.98 Å². The van der Waals surface area contributed by atoms with Gasteiger partial charge in [-0.05, 0) is 43.2 Å². The highest BCUT2D eigenvalue weighted by molar-refractivity contribution is 5.65. The van der Waals surface area contributed by atoms with Gasteiger partial charge in [0, 0.05) is 24.3 Å². The molecular weight excluding hydrogens is 198 g/mol. The zero-order valence-corrected chi connectivity index (χ0v) is 9.38. The lowest BCUT2D eigenvalue weighted by molar-refractivity contribution is 1.10. The van der Waals surface area contributed by atoms with Crippen LogP contribution < -0.4 is 0 Å². The van der Waals surface area contributed by atoms with Crippen LogP contribution in [0, 0.1) is 13.8 Å². The lowest BCUT2D eigenvalue weighted by Gasteiger charge is -1.95. The summed E-state index contributed by atoms with van der Waals surface area (Å²) >= 11 is 0. The van der Waals surface area contributed by atoms with E-state index in [9.17, 15) is 0 Å². The number of aryl methyl sites for hydroxylation is 2. The van der Waals surface area contributed by atoms with Crippen molar-refractivity contribution in [3.8, 4) is 0 Å². The first-order chi connectivity index (χ1) is 7.74. The Bertz CT molecular complexity index is 436.